The molecular weight excluding hydrogens is 398 g/mol. The number of rotatable bonds is 5. The highest BCUT2D eigenvalue weighted by molar-refractivity contribution is 9.10. The Bertz CT molecular complexity index is 599. The molecule has 1 aliphatic heterocycles. The minimum atomic E-state index is -3.10. The Morgan fingerprint density at radius 2 is 1.95 bits per heavy atom. The van der Waals surface area contributed by atoms with Crippen molar-refractivity contribution in [2.75, 3.05) is 45.5 Å². The molecule has 10 heteroatoms. The molecule has 0 bridgehead atoms. The lowest BCUT2D eigenvalue weighted by atomic mass is 10.3. The first kappa shape index (κ1) is 19.4. The lowest BCUT2D eigenvalue weighted by Gasteiger charge is -2.33. The number of hydrogen-bond donors (Lipinski definition) is 1. The van der Waals surface area contributed by atoms with E-state index in [0.29, 0.717) is 43.9 Å². The molecule has 0 aliphatic carbocycles. The molecule has 7 nitrogen and oxygen atoms in total. The second-order valence-corrected chi connectivity index (χ2v) is 7.63. The predicted octanol–water partition coefficient (Wildman–Crippen LogP) is 0.771. The highest BCUT2D eigenvalue weighted by Gasteiger charge is 2.23. The van der Waals surface area contributed by atoms with Crippen molar-refractivity contribution >= 4 is 44.3 Å². The maximum absolute atomic E-state index is 11.8. The van der Waals surface area contributed by atoms with Crippen molar-refractivity contribution in [3.8, 4) is 0 Å². The van der Waals surface area contributed by atoms with Crippen LogP contribution in [0.25, 0.3) is 0 Å². The van der Waals surface area contributed by atoms with Crippen LogP contribution >= 0.6 is 28.3 Å². The van der Waals surface area contributed by atoms with Crippen LogP contribution in [0, 0.1) is 0 Å². The summed E-state index contributed by atoms with van der Waals surface area (Å²) >= 11 is 3.14. The van der Waals surface area contributed by atoms with Crippen molar-refractivity contribution in [3.05, 3.63) is 22.6 Å². The average Bonchev–Trinajstić information content (AvgIpc) is 2.85. The van der Waals surface area contributed by atoms with E-state index in [1.54, 1.807) is 12.1 Å². The molecule has 1 aromatic heterocycles. The molecule has 22 heavy (non-hydrogen) atoms. The quantitative estimate of drug-likeness (QED) is 0.767. The van der Waals surface area contributed by atoms with Gasteiger partial charge in [-0.15, -0.1) is 12.4 Å². The fourth-order valence-electron chi connectivity index (χ4n) is 2.14. The Balaban J connectivity index is 0.00000242. The first-order chi connectivity index (χ1) is 9.86. The molecule has 0 saturated carbocycles. The Morgan fingerprint density at radius 3 is 2.45 bits per heavy atom. The van der Waals surface area contributed by atoms with Crippen molar-refractivity contribution in [3.63, 3.8) is 0 Å². The largest absolute Gasteiger partial charge is 0.444 e. The molecule has 2 rings (SSSR count). The minimum absolute atomic E-state index is 0. The van der Waals surface area contributed by atoms with Crippen LogP contribution in [0.15, 0.2) is 21.2 Å². The van der Waals surface area contributed by atoms with Gasteiger partial charge in [0, 0.05) is 39.3 Å². The van der Waals surface area contributed by atoms with Crippen LogP contribution in [0.2, 0.25) is 0 Å². The first-order valence-electron chi connectivity index (χ1n) is 6.57. The highest BCUT2D eigenvalue weighted by Crippen LogP contribution is 2.13. The third kappa shape index (κ3) is 5.54. The topological polar surface area (TPSA) is 82.9 Å². The van der Waals surface area contributed by atoms with Gasteiger partial charge in [-0.2, -0.15) is 4.31 Å². The number of carbonyl (C=O) groups is 1. The number of carbonyl (C=O) groups excluding carboxylic acids is 1. The second-order valence-electron chi connectivity index (χ2n) is 4.86. The molecule has 1 aliphatic rings. The molecular formula is C12H19BrClN3O4S. The number of sulfonamides is 1. The van der Waals surface area contributed by atoms with Crippen molar-refractivity contribution < 1.29 is 17.6 Å². The molecule has 1 fully saturated rings. The summed E-state index contributed by atoms with van der Waals surface area (Å²) in [6, 6.07) is 3.27. The number of piperazine rings is 1. The number of furan rings is 1. The third-order valence-electron chi connectivity index (χ3n) is 3.31. The Morgan fingerprint density at radius 1 is 1.32 bits per heavy atom. The zero-order valence-electron chi connectivity index (χ0n) is 12.1. The average molecular weight is 417 g/mol. The SMILES string of the molecule is CS(=O)(=O)N1CCN(CCNC(=O)c2ccc(Br)o2)CC1.Cl. The van der Waals surface area contributed by atoms with Crippen LogP contribution < -0.4 is 5.32 Å². The summed E-state index contributed by atoms with van der Waals surface area (Å²) in [5, 5.41) is 2.77. The molecule has 1 amide bonds. The number of amides is 1. The zero-order valence-corrected chi connectivity index (χ0v) is 15.3. The van der Waals surface area contributed by atoms with Gasteiger partial charge in [0.1, 0.15) is 0 Å². The molecule has 1 aromatic rings. The molecule has 0 radical (unpaired) electrons. The smallest absolute Gasteiger partial charge is 0.287 e. The molecule has 126 valence electrons. The van der Waals surface area contributed by atoms with E-state index in [4.69, 9.17) is 4.42 Å². The Kier molecular flexibility index (Phi) is 7.33. The van der Waals surface area contributed by atoms with Gasteiger partial charge < -0.3 is 9.73 Å². The third-order valence-corrected chi connectivity index (χ3v) is 5.04. The molecule has 0 unspecified atom stereocenters. The molecule has 0 aromatic carbocycles. The summed E-state index contributed by atoms with van der Waals surface area (Å²) in [4.78, 5) is 13.9. The molecule has 0 spiro atoms. The van der Waals surface area contributed by atoms with E-state index in [0.717, 1.165) is 0 Å². The van der Waals surface area contributed by atoms with Crippen LogP contribution in [0.3, 0.4) is 0 Å². The monoisotopic (exact) mass is 415 g/mol. The first-order valence-corrected chi connectivity index (χ1v) is 9.21. The summed E-state index contributed by atoms with van der Waals surface area (Å²) < 4.78 is 29.9. The van der Waals surface area contributed by atoms with Crippen LogP contribution in [0.4, 0.5) is 0 Å². The van der Waals surface area contributed by atoms with Crippen LogP contribution in [-0.4, -0.2) is 69.1 Å². The van der Waals surface area contributed by atoms with E-state index in [9.17, 15) is 13.2 Å². The number of nitrogens with zero attached hydrogens (tertiary/aromatic N) is 2. The Hall–Kier alpha value is -0.610. The van der Waals surface area contributed by atoms with Crippen molar-refractivity contribution in [2.45, 2.75) is 0 Å². The van der Waals surface area contributed by atoms with Gasteiger partial charge in [0.25, 0.3) is 5.91 Å². The normalized spacial score (nSPS) is 17.0. The lowest BCUT2D eigenvalue weighted by Crippen LogP contribution is -2.49. The summed E-state index contributed by atoms with van der Waals surface area (Å²) in [5.41, 5.74) is 0. The van der Waals surface area contributed by atoms with Crippen molar-refractivity contribution in [1.29, 1.82) is 0 Å². The second kappa shape index (κ2) is 8.30. The summed E-state index contributed by atoms with van der Waals surface area (Å²) in [6.45, 7) is 3.53. The summed E-state index contributed by atoms with van der Waals surface area (Å²) in [7, 11) is -3.10. The Labute approximate surface area is 144 Å². The fraction of sp³-hybridized carbons (Fsp3) is 0.583. The van der Waals surface area contributed by atoms with Gasteiger partial charge in [-0.1, -0.05) is 0 Å². The van der Waals surface area contributed by atoms with Crippen LogP contribution in [-0.2, 0) is 10.0 Å². The van der Waals surface area contributed by atoms with E-state index in [1.165, 1.54) is 10.6 Å². The molecule has 2 heterocycles. The summed E-state index contributed by atoms with van der Waals surface area (Å²) in [5.74, 6) is 0.0132. The number of hydrogen-bond acceptors (Lipinski definition) is 5. The molecule has 1 N–H and O–H groups in total. The predicted molar refractivity (Wildman–Crippen MR) is 88.8 cm³/mol. The van der Waals surface area contributed by atoms with Gasteiger partial charge in [-0.25, -0.2) is 8.42 Å². The van der Waals surface area contributed by atoms with Crippen LogP contribution in [0.1, 0.15) is 10.6 Å². The van der Waals surface area contributed by atoms with E-state index < -0.39 is 10.0 Å². The highest BCUT2D eigenvalue weighted by atomic mass is 79.9. The fourth-order valence-corrected chi connectivity index (χ4v) is 3.27. The van der Waals surface area contributed by atoms with Gasteiger partial charge in [-0.05, 0) is 28.1 Å². The maximum Gasteiger partial charge on any atom is 0.287 e. The minimum Gasteiger partial charge on any atom is -0.444 e. The van der Waals surface area contributed by atoms with E-state index in [2.05, 4.69) is 26.1 Å². The van der Waals surface area contributed by atoms with Crippen molar-refractivity contribution in [2.24, 2.45) is 0 Å². The van der Waals surface area contributed by atoms with E-state index in [1.807, 2.05) is 0 Å². The standard InChI is InChI=1S/C12H18BrN3O4S.ClH/c1-21(18,19)16-8-6-15(7-9-16)5-4-14-12(17)10-2-3-11(13)20-10;/h2-3H,4-9H2,1H3,(H,14,17);1H. The molecule has 1 saturated heterocycles. The van der Waals surface area contributed by atoms with E-state index >= 15 is 0 Å². The van der Waals surface area contributed by atoms with Gasteiger partial charge in [0.15, 0.2) is 10.4 Å². The van der Waals surface area contributed by atoms with Gasteiger partial charge >= 0.3 is 0 Å². The lowest BCUT2D eigenvalue weighted by molar-refractivity contribution is 0.0916. The number of nitrogens with one attached hydrogen (secondary N) is 1. The number of halogens is 2. The van der Waals surface area contributed by atoms with Crippen molar-refractivity contribution in [1.82, 2.24) is 14.5 Å². The zero-order chi connectivity index (χ0) is 15.5. The summed E-state index contributed by atoms with van der Waals surface area (Å²) in [6.07, 6.45) is 1.23. The van der Waals surface area contributed by atoms with E-state index in [-0.39, 0.29) is 24.1 Å². The van der Waals surface area contributed by atoms with Gasteiger partial charge in [0.05, 0.1) is 6.26 Å². The van der Waals surface area contributed by atoms with Gasteiger partial charge in [-0.3, -0.25) is 9.69 Å². The van der Waals surface area contributed by atoms with Crippen LogP contribution in [0.5, 0.6) is 0 Å². The molecule has 0 atom stereocenters. The maximum atomic E-state index is 11.8. The van der Waals surface area contributed by atoms with Gasteiger partial charge in [0.2, 0.25) is 10.0 Å².